The molecule has 0 bridgehead atoms. The molecule has 0 radical (unpaired) electrons. The molecule has 15 heavy (non-hydrogen) atoms. The van der Waals surface area contributed by atoms with E-state index in [9.17, 15) is 0 Å². The lowest BCUT2D eigenvalue weighted by Gasteiger charge is -2.19. The standard InChI is InChI=1S/C11H21N3O/c1-11(2,3)15-7-6-14-9-10(4-5-12)8-13-14/h8-9H,4-7,12H2,1-3H3. The predicted molar refractivity (Wildman–Crippen MR) is 60.7 cm³/mol. The van der Waals surface area contributed by atoms with Crippen LogP contribution in [-0.4, -0.2) is 28.5 Å². The van der Waals surface area contributed by atoms with Crippen LogP contribution >= 0.6 is 0 Å². The van der Waals surface area contributed by atoms with E-state index < -0.39 is 0 Å². The smallest absolute Gasteiger partial charge is 0.0669 e. The summed E-state index contributed by atoms with van der Waals surface area (Å²) in [5, 5.41) is 4.24. The van der Waals surface area contributed by atoms with E-state index >= 15 is 0 Å². The SMILES string of the molecule is CC(C)(C)OCCn1cc(CCN)cn1. The molecule has 0 aliphatic heterocycles. The second kappa shape index (κ2) is 5.28. The second-order valence-electron chi connectivity index (χ2n) is 4.61. The Kier molecular flexibility index (Phi) is 4.29. The van der Waals surface area contributed by atoms with Crippen LogP contribution in [0.2, 0.25) is 0 Å². The lowest BCUT2D eigenvalue weighted by molar-refractivity contribution is -0.00789. The van der Waals surface area contributed by atoms with Crippen molar-refractivity contribution < 1.29 is 4.74 Å². The van der Waals surface area contributed by atoms with Crippen molar-refractivity contribution >= 4 is 0 Å². The average Bonchev–Trinajstić information content (AvgIpc) is 2.51. The largest absolute Gasteiger partial charge is 0.374 e. The number of hydrogen-bond donors (Lipinski definition) is 1. The second-order valence-corrected chi connectivity index (χ2v) is 4.61. The molecule has 1 aromatic rings. The van der Waals surface area contributed by atoms with Crippen LogP contribution < -0.4 is 5.73 Å². The lowest BCUT2D eigenvalue weighted by Crippen LogP contribution is -2.22. The summed E-state index contributed by atoms with van der Waals surface area (Å²) in [6, 6.07) is 0. The van der Waals surface area contributed by atoms with Crippen LogP contribution in [-0.2, 0) is 17.7 Å². The van der Waals surface area contributed by atoms with Crippen molar-refractivity contribution in [1.29, 1.82) is 0 Å². The van der Waals surface area contributed by atoms with E-state index in [4.69, 9.17) is 10.5 Å². The van der Waals surface area contributed by atoms with E-state index in [0.717, 1.165) is 13.0 Å². The highest BCUT2D eigenvalue weighted by Gasteiger charge is 2.09. The predicted octanol–water partition coefficient (Wildman–Crippen LogP) is 1.20. The van der Waals surface area contributed by atoms with Gasteiger partial charge in [0, 0.05) is 6.20 Å². The number of hydrogen-bond acceptors (Lipinski definition) is 3. The summed E-state index contributed by atoms with van der Waals surface area (Å²) in [4.78, 5) is 0. The van der Waals surface area contributed by atoms with Crippen molar-refractivity contribution in [1.82, 2.24) is 9.78 Å². The monoisotopic (exact) mass is 211 g/mol. The molecule has 0 spiro atoms. The van der Waals surface area contributed by atoms with E-state index in [1.54, 1.807) is 0 Å². The molecule has 0 atom stereocenters. The molecule has 1 rings (SSSR count). The minimum absolute atomic E-state index is 0.0761. The Bertz CT molecular complexity index is 288. The molecule has 0 aliphatic carbocycles. The van der Waals surface area contributed by atoms with Gasteiger partial charge in [-0.05, 0) is 39.3 Å². The Morgan fingerprint density at radius 2 is 2.20 bits per heavy atom. The fraction of sp³-hybridized carbons (Fsp3) is 0.727. The van der Waals surface area contributed by atoms with Crippen molar-refractivity contribution in [2.75, 3.05) is 13.2 Å². The van der Waals surface area contributed by atoms with Gasteiger partial charge in [0.2, 0.25) is 0 Å². The molecule has 0 fully saturated rings. The minimum Gasteiger partial charge on any atom is -0.374 e. The summed E-state index contributed by atoms with van der Waals surface area (Å²) in [5.41, 5.74) is 6.58. The summed E-state index contributed by atoms with van der Waals surface area (Å²) in [7, 11) is 0. The van der Waals surface area contributed by atoms with Gasteiger partial charge in [-0.3, -0.25) is 4.68 Å². The maximum atomic E-state index is 5.62. The third-order valence-electron chi connectivity index (χ3n) is 1.98. The number of rotatable bonds is 5. The van der Waals surface area contributed by atoms with E-state index in [-0.39, 0.29) is 5.60 Å². The average molecular weight is 211 g/mol. The van der Waals surface area contributed by atoms with Gasteiger partial charge in [-0.25, -0.2) is 0 Å². The molecule has 4 nitrogen and oxygen atoms in total. The molecule has 0 saturated carbocycles. The molecular weight excluding hydrogens is 190 g/mol. The van der Waals surface area contributed by atoms with Crippen LogP contribution in [0.3, 0.4) is 0 Å². The van der Waals surface area contributed by atoms with Crippen LogP contribution in [0.25, 0.3) is 0 Å². The summed E-state index contributed by atoms with van der Waals surface area (Å²) < 4.78 is 7.52. The molecule has 0 aliphatic rings. The van der Waals surface area contributed by atoms with Gasteiger partial charge in [0.05, 0.1) is 24.9 Å². The Labute approximate surface area is 91.4 Å². The highest BCUT2D eigenvalue weighted by Crippen LogP contribution is 2.06. The Hall–Kier alpha value is -0.870. The molecule has 0 saturated heterocycles. The van der Waals surface area contributed by atoms with Gasteiger partial charge in [-0.1, -0.05) is 0 Å². The Morgan fingerprint density at radius 1 is 1.47 bits per heavy atom. The zero-order valence-electron chi connectivity index (χ0n) is 9.86. The number of nitrogens with zero attached hydrogens (tertiary/aromatic N) is 2. The molecule has 2 N–H and O–H groups in total. The van der Waals surface area contributed by atoms with Crippen LogP contribution in [0.4, 0.5) is 0 Å². The molecule has 4 heteroatoms. The van der Waals surface area contributed by atoms with Gasteiger partial charge in [0.25, 0.3) is 0 Å². The van der Waals surface area contributed by atoms with Crippen LogP contribution in [0.5, 0.6) is 0 Å². The van der Waals surface area contributed by atoms with E-state index in [1.807, 2.05) is 17.1 Å². The summed E-state index contributed by atoms with van der Waals surface area (Å²) in [6.07, 6.45) is 4.78. The first kappa shape index (κ1) is 12.2. The molecule has 0 amide bonds. The van der Waals surface area contributed by atoms with Gasteiger partial charge < -0.3 is 10.5 Å². The first-order chi connectivity index (χ1) is 7.01. The quantitative estimate of drug-likeness (QED) is 0.796. The van der Waals surface area contributed by atoms with Crippen molar-refractivity contribution in [3.05, 3.63) is 18.0 Å². The first-order valence-electron chi connectivity index (χ1n) is 5.36. The molecule has 0 aromatic carbocycles. The summed E-state index contributed by atoms with van der Waals surface area (Å²) >= 11 is 0. The Balaban J connectivity index is 2.31. The van der Waals surface area contributed by atoms with Crippen LogP contribution in [0, 0.1) is 0 Å². The normalized spacial score (nSPS) is 12.0. The molecule has 1 aromatic heterocycles. The zero-order chi connectivity index (χ0) is 11.3. The lowest BCUT2D eigenvalue weighted by atomic mass is 10.2. The van der Waals surface area contributed by atoms with E-state index in [2.05, 4.69) is 25.9 Å². The number of ether oxygens (including phenoxy) is 1. The topological polar surface area (TPSA) is 53.1 Å². The van der Waals surface area contributed by atoms with E-state index in [1.165, 1.54) is 5.56 Å². The van der Waals surface area contributed by atoms with Gasteiger partial charge in [0.1, 0.15) is 0 Å². The number of nitrogens with two attached hydrogens (primary N) is 1. The third-order valence-corrected chi connectivity index (χ3v) is 1.98. The summed E-state index contributed by atoms with van der Waals surface area (Å²) in [6.45, 7) is 8.31. The van der Waals surface area contributed by atoms with Gasteiger partial charge in [0.15, 0.2) is 0 Å². The fourth-order valence-corrected chi connectivity index (χ4v) is 1.27. The van der Waals surface area contributed by atoms with Crippen molar-refractivity contribution in [3.8, 4) is 0 Å². The minimum atomic E-state index is -0.0761. The molecular formula is C11H21N3O. The van der Waals surface area contributed by atoms with Crippen molar-refractivity contribution in [2.24, 2.45) is 5.73 Å². The summed E-state index contributed by atoms with van der Waals surface area (Å²) in [5.74, 6) is 0. The highest BCUT2D eigenvalue weighted by atomic mass is 16.5. The molecule has 0 unspecified atom stereocenters. The van der Waals surface area contributed by atoms with E-state index in [0.29, 0.717) is 13.2 Å². The maximum absolute atomic E-state index is 5.62. The van der Waals surface area contributed by atoms with Crippen LogP contribution in [0.15, 0.2) is 12.4 Å². The van der Waals surface area contributed by atoms with Gasteiger partial charge >= 0.3 is 0 Å². The van der Waals surface area contributed by atoms with Gasteiger partial charge in [-0.2, -0.15) is 5.10 Å². The third kappa shape index (κ3) is 4.95. The number of aromatic nitrogens is 2. The van der Waals surface area contributed by atoms with Crippen LogP contribution in [0.1, 0.15) is 26.3 Å². The highest BCUT2D eigenvalue weighted by molar-refractivity contribution is 5.03. The zero-order valence-corrected chi connectivity index (χ0v) is 9.86. The van der Waals surface area contributed by atoms with Crippen molar-refractivity contribution in [2.45, 2.75) is 39.3 Å². The Morgan fingerprint density at radius 3 is 2.80 bits per heavy atom. The van der Waals surface area contributed by atoms with Gasteiger partial charge in [-0.15, -0.1) is 0 Å². The van der Waals surface area contributed by atoms with Crippen molar-refractivity contribution in [3.63, 3.8) is 0 Å². The maximum Gasteiger partial charge on any atom is 0.0669 e. The first-order valence-corrected chi connectivity index (χ1v) is 5.36. The fourth-order valence-electron chi connectivity index (χ4n) is 1.27. The molecule has 1 heterocycles. The molecule has 86 valence electrons.